The first-order chi connectivity index (χ1) is 8.83. The highest BCUT2D eigenvalue weighted by molar-refractivity contribution is 5.44. The Kier molecular flexibility index (Phi) is 2.72. The van der Waals surface area contributed by atoms with Crippen molar-refractivity contribution in [3.63, 3.8) is 0 Å². The van der Waals surface area contributed by atoms with Crippen molar-refractivity contribution >= 4 is 11.6 Å². The van der Waals surface area contributed by atoms with Gasteiger partial charge in [-0.25, -0.2) is 9.97 Å². The van der Waals surface area contributed by atoms with E-state index in [1.54, 1.807) is 12.4 Å². The Balaban J connectivity index is 1.89. The first kappa shape index (κ1) is 10.8. The Labute approximate surface area is 105 Å². The molecule has 0 fully saturated rings. The predicted molar refractivity (Wildman–Crippen MR) is 69.4 cm³/mol. The van der Waals surface area contributed by atoms with Gasteiger partial charge in [-0.2, -0.15) is 0 Å². The van der Waals surface area contributed by atoms with Crippen molar-refractivity contribution in [3.8, 4) is 5.75 Å². The van der Waals surface area contributed by atoms with E-state index < -0.39 is 0 Å². The van der Waals surface area contributed by atoms with Gasteiger partial charge in [0, 0.05) is 12.1 Å². The Hall–Kier alpha value is -2.30. The molecule has 0 aliphatic carbocycles. The number of fused-ring (bicyclic) bond motifs is 1. The zero-order valence-corrected chi connectivity index (χ0v) is 9.91. The summed E-state index contributed by atoms with van der Waals surface area (Å²) in [5.41, 5.74) is 6.71. The molecule has 92 valence electrons. The summed E-state index contributed by atoms with van der Waals surface area (Å²) in [6.45, 7) is 2.20. The number of hydrogen-bond acceptors (Lipinski definition) is 5. The van der Waals surface area contributed by atoms with E-state index in [4.69, 9.17) is 10.5 Å². The van der Waals surface area contributed by atoms with Gasteiger partial charge in [0.05, 0.1) is 18.9 Å². The van der Waals surface area contributed by atoms with Crippen LogP contribution in [0.25, 0.3) is 0 Å². The standard InChI is InChI=1S/C13H14N4O/c14-12-7-16-13(8-15-12)17-5-6-18-11-4-2-1-3-10(11)9-17/h1-4,7-8H,5-6,9H2,(H2,14,15). The van der Waals surface area contributed by atoms with Crippen LogP contribution in [-0.4, -0.2) is 23.1 Å². The molecule has 3 rings (SSSR count). The first-order valence-corrected chi connectivity index (χ1v) is 5.86. The number of nitrogens with zero attached hydrogens (tertiary/aromatic N) is 3. The summed E-state index contributed by atoms with van der Waals surface area (Å²) in [6.07, 6.45) is 3.27. The topological polar surface area (TPSA) is 64.3 Å². The molecule has 1 aliphatic rings. The fourth-order valence-electron chi connectivity index (χ4n) is 2.02. The number of hydrogen-bond donors (Lipinski definition) is 1. The monoisotopic (exact) mass is 242 g/mol. The molecule has 1 aromatic carbocycles. The number of nitrogens with two attached hydrogens (primary N) is 1. The van der Waals surface area contributed by atoms with E-state index in [-0.39, 0.29) is 0 Å². The van der Waals surface area contributed by atoms with E-state index >= 15 is 0 Å². The first-order valence-electron chi connectivity index (χ1n) is 5.86. The molecular formula is C13H14N4O. The van der Waals surface area contributed by atoms with Crippen LogP contribution in [0.3, 0.4) is 0 Å². The largest absolute Gasteiger partial charge is 0.491 e. The average Bonchev–Trinajstić information content (AvgIpc) is 2.61. The van der Waals surface area contributed by atoms with Gasteiger partial charge in [-0.05, 0) is 6.07 Å². The van der Waals surface area contributed by atoms with Gasteiger partial charge in [-0.1, -0.05) is 18.2 Å². The second kappa shape index (κ2) is 4.52. The van der Waals surface area contributed by atoms with Crippen molar-refractivity contribution in [2.75, 3.05) is 23.8 Å². The Bertz CT molecular complexity index is 541. The highest BCUT2D eigenvalue weighted by Crippen LogP contribution is 2.24. The number of ether oxygens (including phenoxy) is 1. The zero-order chi connectivity index (χ0) is 12.4. The van der Waals surface area contributed by atoms with Crippen molar-refractivity contribution in [1.29, 1.82) is 0 Å². The summed E-state index contributed by atoms with van der Waals surface area (Å²) in [6, 6.07) is 8.06. The zero-order valence-electron chi connectivity index (χ0n) is 9.91. The van der Waals surface area contributed by atoms with Crippen molar-refractivity contribution in [3.05, 3.63) is 42.2 Å². The third-order valence-electron chi connectivity index (χ3n) is 2.93. The van der Waals surface area contributed by atoms with Crippen LogP contribution >= 0.6 is 0 Å². The van der Waals surface area contributed by atoms with Gasteiger partial charge in [-0.15, -0.1) is 0 Å². The Morgan fingerprint density at radius 1 is 1.17 bits per heavy atom. The minimum Gasteiger partial charge on any atom is -0.491 e. The van der Waals surface area contributed by atoms with Gasteiger partial charge < -0.3 is 15.4 Å². The van der Waals surface area contributed by atoms with E-state index in [1.807, 2.05) is 18.2 Å². The van der Waals surface area contributed by atoms with Crippen LogP contribution in [0.1, 0.15) is 5.56 Å². The molecule has 2 heterocycles. The molecule has 18 heavy (non-hydrogen) atoms. The predicted octanol–water partition coefficient (Wildman–Crippen LogP) is 1.46. The summed E-state index contributed by atoms with van der Waals surface area (Å²) >= 11 is 0. The van der Waals surface area contributed by atoms with E-state index in [0.29, 0.717) is 12.4 Å². The Morgan fingerprint density at radius 2 is 2.06 bits per heavy atom. The van der Waals surface area contributed by atoms with Crippen LogP contribution in [0.4, 0.5) is 11.6 Å². The molecular weight excluding hydrogens is 228 g/mol. The summed E-state index contributed by atoms with van der Waals surface area (Å²) < 4.78 is 5.71. The van der Waals surface area contributed by atoms with E-state index in [1.165, 1.54) is 0 Å². The van der Waals surface area contributed by atoms with Crippen LogP contribution < -0.4 is 15.4 Å². The molecule has 0 saturated heterocycles. The van der Waals surface area contributed by atoms with Crippen LogP contribution in [0.5, 0.6) is 5.75 Å². The lowest BCUT2D eigenvalue weighted by Crippen LogP contribution is -2.26. The quantitative estimate of drug-likeness (QED) is 0.820. The lowest BCUT2D eigenvalue weighted by molar-refractivity contribution is 0.331. The van der Waals surface area contributed by atoms with Crippen molar-refractivity contribution in [2.24, 2.45) is 0 Å². The summed E-state index contributed by atoms with van der Waals surface area (Å²) in [7, 11) is 0. The molecule has 0 bridgehead atoms. The summed E-state index contributed by atoms with van der Waals surface area (Å²) in [5.74, 6) is 2.21. The van der Waals surface area contributed by atoms with Crippen LogP contribution in [0.15, 0.2) is 36.7 Å². The molecule has 5 heteroatoms. The number of nitrogen functional groups attached to an aromatic ring is 1. The lowest BCUT2D eigenvalue weighted by Gasteiger charge is -2.20. The molecule has 0 atom stereocenters. The lowest BCUT2D eigenvalue weighted by atomic mass is 10.2. The minimum atomic E-state index is 0.435. The molecule has 0 saturated carbocycles. The van der Waals surface area contributed by atoms with Gasteiger partial charge >= 0.3 is 0 Å². The minimum absolute atomic E-state index is 0.435. The van der Waals surface area contributed by atoms with Crippen molar-refractivity contribution in [1.82, 2.24) is 9.97 Å². The second-order valence-corrected chi connectivity index (χ2v) is 4.18. The molecule has 0 amide bonds. The number of para-hydroxylation sites is 1. The maximum Gasteiger partial charge on any atom is 0.147 e. The maximum atomic E-state index is 5.71. The third kappa shape index (κ3) is 2.07. The molecule has 0 spiro atoms. The number of anilines is 2. The highest BCUT2D eigenvalue weighted by atomic mass is 16.5. The van der Waals surface area contributed by atoms with E-state index in [0.717, 1.165) is 30.2 Å². The molecule has 1 aliphatic heterocycles. The van der Waals surface area contributed by atoms with Crippen LogP contribution in [0.2, 0.25) is 0 Å². The van der Waals surface area contributed by atoms with E-state index in [2.05, 4.69) is 20.9 Å². The number of rotatable bonds is 1. The SMILES string of the molecule is Nc1cnc(N2CCOc3ccccc3C2)cn1. The number of benzene rings is 1. The number of aromatic nitrogens is 2. The van der Waals surface area contributed by atoms with Gasteiger partial charge in [0.25, 0.3) is 0 Å². The molecule has 0 radical (unpaired) electrons. The normalized spacial score (nSPS) is 14.6. The van der Waals surface area contributed by atoms with Gasteiger partial charge in [0.1, 0.15) is 24.0 Å². The van der Waals surface area contributed by atoms with Crippen LogP contribution in [0, 0.1) is 0 Å². The fraction of sp³-hybridized carbons (Fsp3) is 0.231. The molecule has 2 N–H and O–H groups in total. The maximum absolute atomic E-state index is 5.71. The molecule has 2 aromatic rings. The van der Waals surface area contributed by atoms with Crippen LogP contribution in [-0.2, 0) is 6.54 Å². The smallest absolute Gasteiger partial charge is 0.147 e. The van der Waals surface area contributed by atoms with Gasteiger partial charge in [-0.3, -0.25) is 0 Å². The highest BCUT2D eigenvalue weighted by Gasteiger charge is 2.16. The van der Waals surface area contributed by atoms with Crippen molar-refractivity contribution in [2.45, 2.75) is 6.54 Å². The van der Waals surface area contributed by atoms with Crippen molar-refractivity contribution < 1.29 is 4.74 Å². The molecule has 0 unspecified atom stereocenters. The second-order valence-electron chi connectivity index (χ2n) is 4.18. The molecule has 1 aromatic heterocycles. The summed E-state index contributed by atoms with van der Waals surface area (Å²) in [4.78, 5) is 10.5. The Morgan fingerprint density at radius 3 is 2.89 bits per heavy atom. The fourth-order valence-corrected chi connectivity index (χ4v) is 2.02. The average molecular weight is 242 g/mol. The van der Waals surface area contributed by atoms with Gasteiger partial charge in [0.2, 0.25) is 0 Å². The third-order valence-corrected chi connectivity index (χ3v) is 2.93. The molecule has 5 nitrogen and oxygen atoms in total. The summed E-state index contributed by atoms with van der Waals surface area (Å²) in [5, 5.41) is 0. The van der Waals surface area contributed by atoms with E-state index in [9.17, 15) is 0 Å². The van der Waals surface area contributed by atoms with Gasteiger partial charge in [0.15, 0.2) is 0 Å².